The summed E-state index contributed by atoms with van der Waals surface area (Å²) in [4.78, 5) is 0. The molecule has 2 aromatic carbocycles. The number of aryl methyl sites for hydroxylation is 2. The Morgan fingerprint density at radius 2 is 1.75 bits per heavy atom. The molecule has 0 radical (unpaired) electrons. The molecule has 0 bridgehead atoms. The minimum atomic E-state index is 0.530. The Morgan fingerprint density at radius 3 is 2.45 bits per heavy atom. The molecule has 0 unspecified atom stereocenters. The van der Waals surface area contributed by atoms with Crippen molar-refractivity contribution >= 4 is 11.0 Å². The summed E-state index contributed by atoms with van der Waals surface area (Å²) in [5.41, 5.74) is 3.85. The fourth-order valence-electron chi connectivity index (χ4n) is 2.51. The first kappa shape index (κ1) is 12.5. The van der Waals surface area contributed by atoms with Crippen molar-refractivity contribution in [3.05, 3.63) is 65.0 Å². The summed E-state index contributed by atoms with van der Waals surface area (Å²) >= 11 is 0. The van der Waals surface area contributed by atoms with Gasteiger partial charge in [-0.15, -0.1) is 0 Å². The monoisotopic (exact) mass is 265 g/mol. The third-order valence-corrected chi connectivity index (χ3v) is 3.35. The van der Waals surface area contributed by atoms with Crippen LogP contribution in [0.2, 0.25) is 0 Å². The number of hydrogen-bond donors (Lipinski definition) is 1. The van der Waals surface area contributed by atoms with Gasteiger partial charge in [-0.3, -0.25) is 0 Å². The van der Waals surface area contributed by atoms with Crippen molar-refractivity contribution in [2.45, 2.75) is 13.8 Å². The molecule has 3 nitrogen and oxygen atoms in total. The summed E-state index contributed by atoms with van der Waals surface area (Å²) in [7, 11) is 0. The van der Waals surface area contributed by atoms with Crippen molar-refractivity contribution < 1.29 is 9.62 Å². The van der Waals surface area contributed by atoms with Crippen molar-refractivity contribution in [1.29, 1.82) is 0 Å². The van der Waals surface area contributed by atoms with E-state index in [1.54, 1.807) is 6.07 Å². The Hall–Kier alpha value is -2.55. The Morgan fingerprint density at radius 1 is 1.00 bits per heavy atom. The van der Waals surface area contributed by atoms with Gasteiger partial charge in [-0.05, 0) is 31.0 Å². The molecule has 3 aromatic rings. The van der Waals surface area contributed by atoms with E-state index in [9.17, 15) is 5.21 Å². The van der Waals surface area contributed by atoms with Gasteiger partial charge in [0, 0.05) is 17.0 Å². The van der Waals surface area contributed by atoms with Gasteiger partial charge in [-0.2, -0.15) is 0 Å². The Labute approximate surface area is 116 Å². The van der Waals surface area contributed by atoms with E-state index >= 15 is 0 Å². The Bertz CT molecular complexity index is 833. The molecule has 0 aliphatic rings. The first-order valence-electron chi connectivity index (χ1n) is 6.47. The van der Waals surface area contributed by atoms with Gasteiger partial charge in [0.15, 0.2) is 0 Å². The number of fused-ring (bicyclic) bond motifs is 1. The number of rotatable bonds is 1. The van der Waals surface area contributed by atoms with Crippen LogP contribution in [0.4, 0.5) is 0 Å². The maximum absolute atomic E-state index is 9.28. The molecule has 0 saturated heterocycles. The molecule has 100 valence electrons. The van der Waals surface area contributed by atoms with Crippen LogP contribution in [0, 0.1) is 13.8 Å². The molecule has 0 spiro atoms. The van der Waals surface area contributed by atoms with Crippen molar-refractivity contribution in [3.63, 3.8) is 0 Å². The molecular formula is C17H15NO2. The van der Waals surface area contributed by atoms with Crippen LogP contribution in [-0.4, -0.2) is 5.21 Å². The van der Waals surface area contributed by atoms with E-state index in [-0.39, 0.29) is 0 Å². The molecule has 3 heteroatoms. The van der Waals surface area contributed by atoms with E-state index in [1.807, 2.05) is 50.2 Å². The summed E-state index contributed by atoms with van der Waals surface area (Å²) in [5.74, 6) is 0.691. The Kier molecular flexibility index (Phi) is 3.03. The van der Waals surface area contributed by atoms with E-state index in [4.69, 9.17) is 4.42 Å². The first-order chi connectivity index (χ1) is 9.69. The van der Waals surface area contributed by atoms with E-state index < -0.39 is 0 Å². The quantitative estimate of drug-likeness (QED) is 0.534. The lowest BCUT2D eigenvalue weighted by Gasteiger charge is -2.07. The van der Waals surface area contributed by atoms with Gasteiger partial charge in [-0.1, -0.05) is 41.6 Å². The van der Waals surface area contributed by atoms with Gasteiger partial charge in [0.2, 0.25) is 0 Å². The van der Waals surface area contributed by atoms with E-state index in [0.29, 0.717) is 11.1 Å². The van der Waals surface area contributed by atoms with Gasteiger partial charge in [-0.25, -0.2) is 0 Å². The molecule has 0 fully saturated rings. The summed E-state index contributed by atoms with van der Waals surface area (Å²) in [6, 6.07) is 15.6. The summed E-state index contributed by atoms with van der Waals surface area (Å²) in [6.07, 6.45) is 0. The highest BCUT2D eigenvalue weighted by Crippen LogP contribution is 2.24. The zero-order valence-electron chi connectivity index (χ0n) is 11.4. The summed E-state index contributed by atoms with van der Waals surface area (Å²) in [5, 5.41) is 14.1. The van der Waals surface area contributed by atoms with Gasteiger partial charge >= 0.3 is 0 Å². The molecule has 1 N–H and O–H groups in total. The van der Waals surface area contributed by atoms with E-state index in [0.717, 1.165) is 27.7 Å². The van der Waals surface area contributed by atoms with E-state index in [2.05, 4.69) is 11.2 Å². The van der Waals surface area contributed by atoms with Crippen LogP contribution in [-0.2, 0) is 0 Å². The van der Waals surface area contributed by atoms with Gasteiger partial charge in [0.25, 0.3) is 0 Å². The zero-order chi connectivity index (χ0) is 14.1. The molecule has 0 aliphatic carbocycles. The highest BCUT2D eigenvalue weighted by Gasteiger charge is 2.08. The largest absolute Gasteiger partial charge is 0.456 e. The van der Waals surface area contributed by atoms with Crippen LogP contribution in [0.25, 0.3) is 22.3 Å². The molecule has 3 rings (SSSR count). The molecule has 20 heavy (non-hydrogen) atoms. The second-order valence-corrected chi connectivity index (χ2v) is 4.92. The molecule has 0 aliphatic heterocycles. The standard InChI is InChI=1S/C17H15NO2/c1-11-8-12(2)17-14(18-19)10-15(20-16(17)9-11)13-6-4-3-5-7-13/h3-10,19H,1-2H3/b18-14+. The fraction of sp³-hybridized carbons (Fsp3) is 0.118. The summed E-state index contributed by atoms with van der Waals surface area (Å²) in [6.45, 7) is 4.01. The minimum Gasteiger partial charge on any atom is -0.456 e. The zero-order valence-corrected chi connectivity index (χ0v) is 11.4. The lowest BCUT2D eigenvalue weighted by molar-refractivity contribution is 0.302. The third kappa shape index (κ3) is 2.07. The van der Waals surface area contributed by atoms with Crippen molar-refractivity contribution in [3.8, 4) is 11.3 Å². The highest BCUT2D eigenvalue weighted by molar-refractivity contribution is 5.82. The second-order valence-electron chi connectivity index (χ2n) is 4.92. The van der Waals surface area contributed by atoms with Crippen molar-refractivity contribution in [2.75, 3.05) is 0 Å². The highest BCUT2D eigenvalue weighted by atomic mass is 16.4. The minimum absolute atomic E-state index is 0.530. The van der Waals surface area contributed by atoms with Crippen molar-refractivity contribution in [2.24, 2.45) is 5.16 Å². The number of nitrogens with zero attached hydrogens (tertiary/aromatic N) is 1. The van der Waals surface area contributed by atoms with Crippen LogP contribution in [0.5, 0.6) is 0 Å². The maximum Gasteiger partial charge on any atom is 0.137 e. The van der Waals surface area contributed by atoms with Crippen molar-refractivity contribution in [1.82, 2.24) is 0 Å². The van der Waals surface area contributed by atoms with Crippen LogP contribution >= 0.6 is 0 Å². The van der Waals surface area contributed by atoms with Crippen LogP contribution < -0.4 is 5.36 Å². The maximum atomic E-state index is 9.28. The average Bonchev–Trinajstić information content (AvgIpc) is 2.46. The first-order valence-corrected chi connectivity index (χ1v) is 6.47. The molecule has 0 saturated carbocycles. The molecule has 1 aromatic heterocycles. The van der Waals surface area contributed by atoms with E-state index in [1.165, 1.54) is 0 Å². The topological polar surface area (TPSA) is 45.7 Å². The predicted molar refractivity (Wildman–Crippen MR) is 78.5 cm³/mol. The lowest BCUT2D eigenvalue weighted by atomic mass is 10.1. The van der Waals surface area contributed by atoms with Crippen LogP contribution in [0.3, 0.4) is 0 Å². The van der Waals surface area contributed by atoms with Gasteiger partial charge < -0.3 is 9.62 Å². The second kappa shape index (κ2) is 4.85. The lowest BCUT2D eigenvalue weighted by Crippen LogP contribution is -2.05. The van der Waals surface area contributed by atoms with Crippen LogP contribution in [0.15, 0.2) is 58.1 Å². The molecule has 1 heterocycles. The molecule has 0 amide bonds. The normalized spacial score (nSPS) is 12.0. The Balaban J connectivity index is 2.39. The third-order valence-electron chi connectivity index (χ3n) is 3.35. The predicted octanol–water partition coefficient (Wildman–Crippen LogP) is 4.01. The number of hydrogen-bond acceptors (Lipinski definition) is 3. The molecular weight excluding hydrogens is 250 g/mol. The van der Waals surface area contributed by atoms with Gasteiger partial charge in [0.05, 0.1) is 0 Å². The molecule has 0 atom stereocenters. The average molecular weight is 265 g/mol. The number of benzene rings is 2. The van der Waals surface area contributed by atoms with Crippen LogP contribution in [0.1, 0.15) is 11.1 Å². The summed E-state index contributed by atoms with van der Waals surface area (Å²) < 4.78 is 5.98. The van der Waals surface area contributed by atoms with Gasteiger partial charge in [0.1, 0.15) is 16.7 Å². The SMILES string of the molecule is Cc1cc(C)c2/c(=N/O)cc(-c3ccccc3)oc2c1. The fourth-order valence-corrected chi connectivity index (χ4v) is 2.51. The smallest absolute Gasteiger partial charge is 0.137 e.